The third kappa shape index (κ3) is 4.50. The smallest absolute Gasteiger partial charge is 0.328 e. The Labute approximate surface area is 151 Å². The molecule has 0 unspecified atom stereocenters. The molecular formula is C20H25N3O3. The highest BCUT2D eigenvalue weighted by atomic mass is 16.2. The van der Waals surface area contributed by atoms with Gasteiger partial charge in [-0.2, -0.15) is 0 Å². The van der Waals surface area contributed by atoms with Crippen LogP contribution in [0.25, 0.3) is 10.9 Å². The number of carbonyl (C=O) groups excluding carboxylic acids is 1. The van der Waals surface area contributed by atoms with E-state index >= 15 is 0 Å². The fraction of sp³-hybridized carbons (Fsp3) is 0.450. The highest BCUT2D eigenvalue weighted by Gasteiger charge is 2.09. The van der Waals surface area contributed by atoms with Crippen molar-refractivity contribution in [3.8, 4) is 0 Å². The second-order valence-corrected chi connectivity index (χ2v) is 6.74. The van der Waals surface area contributed by atoms with E-state index in [-0.39, 0.29) is 18.0 Å². The van der Waals surface area contributed by atoms with Gasteiger partial charge in [0.15, 0.2) is 0 Å². The van der Waals surface area contributed by atoms with Crippen LogP contribution in [0.15, 0.2) is 45.5 Å². The number of rotatable bonds is 7. The molecule has 0 saturated heterocycles. The molecule has 1 aliphatic carbocycles. The van der Waals surface area contributed by atoms with Gasteiger partial charge in [-0.15, -0.1) is 0 Å². The van der Waals surface area contributed by atoms with Gasteiger partial charge in [0.05, 0.1) is 10.9 Å². The van der Waals surface area contributed by atoms with Crippen LogP contribution in [-0.4, -0.2) is 22.0 Å². The predicted molar refractivity (Wildman–Crippen MR) is 102 cm³/mol. The monoisotopic (exact) mass is 355 g/mol. The van der Waals surface area contributed by atoms with Crippen molar-refractivity contribution in [3.05, 3.63) is 56.8 Å². The lowest BCUT2D eigenvalue weighted by Crippen LogP contribution is -2.35. The van der Waals surface area contributed by atoms with E-state index in [0.717, 1.165) is 19.3 Å². The lowest BCUT2D eigenvalue weighted by atomic mass is 9.97. The Bertz CT molecular complexity index is 924. The van der Waals surface area contributed by atoms with Crippen molar-refractivity contribution in [2.24, 2.45) is 0 Å². The number of hydrogen-bond donors (Lipinski definition) is 2. The quantitative estimate of drug-likeness (QED) is 0.749. The van der Waals surface area contributed by atoms with Crippen LogP contribution in [0.3, 0.4) is 0 Å². The van der Waals surface area contributed by atoms with Crippen molar-refractivity contribution < 1.29 is 4.79 Å². The average molecular weight is 355 g/mol. The topological polar surface area (TPSA) is 84.0 Å². The summed E-state index contributed by atoms with van der Waals surface area (Å²) in [4.78, 5) is 39.1. The molecule has 1 aliphatic rings. The van der Waals surface area contributed by atoms with E-state index in [1.54, 1.807) is 24.3 Å². The summed E-state index contributed by atoms with van der Waals surface area (Å²) in [6.07, 6.45) is 8.76. The van der Waals surface area contributed by atoms with E-state index in [0.29, 0.717) is 30.3 Å². The Balaban J connectivity index is 1.49. The van der Waals surface area contributed by atoms with Gasteiger partial charge in [0.1, 0.15) is 0 Å². The molecule has 1 aromatic carbocycles. The van der Waals surface area contributed by atoms with Crippen molar-refractivity contribution in [1.82, 2.24) is 14.9 Å². The molecule has 1 amide bonds. The van der Waals surface area contributed by atoms with Gasteiger partial charge >= 0.3 is 5.69 Å². The summed E-state index contributed by atoms with van der Waals surface area (Å²) in [5, 5.41) is 3.41. The van der Waals surface area contributed by atoms with Gasteiger partial charge < -0.3 is 10.3 Å². The highest BCUT2D eigenvalue weighted by molar-refractivity contribution is 5.77. The predicted octanol–water partition coefficient (Wildman–Crippen LogP) is 2.48. The van der Waals surface area contributed by atoms with E-state index < -0.39 is 5.69 Å². The van der Waals surface area contributed by atoms with Gasteiger partial charge in [-0.05, 0) is 50.7 Å². The van der Waals surface area contributed by atoms with E-state index in [1.165, 1.54) is 23.0 Å². The van der Waals surface area contributed by atoms with Gasteiger partial charge in [0, 0.05) is 19.5 Å². The number of carbonyl (C=O) groups is 1. The molecule has 0 bridgehead atoms. The number of hydrogen-bond acceptors (Lipinski definition) is 3. The van der Waals surface area contributed by atoms with E-state index in [1.807, 2.05) is 0 Å². The summed E-state index contributed by atoms with van der Waals surface area (Å²) in [5.41, 5.74) is 1.23. The average Bonchev–Trinajstić information content (AvgIpc) is 2.65. The fourth-order valence-corrected chi connectivity index (χ4v) is 3.38. The van der Waals surface area contributed by atoms with Crippen LogP contribution in [0.4, 0.5) is 0 Å². The van der Waals surface area contributed by atoms with Crippen molar-refractivity contribution in [3.63, 3.8) is 0 Å². The Kier molecular flexibility index (Phi) is 6.04. The van der Waals surface area contributed by atoms with Gasteiger partial charge in [-0.3, -0.25) is 14.2 Å². The van der Waals surface area contributed by atoms with Gasteiger partial charge in [0.2, 0.25) is 5.91 Å². The first kappa shape index (κ1) is 18.2. The fourth-order valence-electron chi connectivity index (χ4n) is 3.38. The first-order valence-corrected chi connectivity index (χ1v) is 9.31. The molecule has 6 nitrogen and oxygen atoms in total. The molecule has 1 aromatic heterocycles. The minimum Gasteiger partial charge on any atom is -0.356 e. The zero-order chi connectivity index (χ0) is 18.4. The van der Waals surface area contributed by atoms with Crippen molar-refractivity contribution in [1.29, 1.82) is 0 Å². The summed E-state index contributed by atoms with van der Waals surface area (Å²) in [7, 11) is 0. The van der Waals surface area contributed by atoms with Crippen molar-refractivity contribution in [2.45, 2.75) is 51.5 Å². The molecule has 0 fully saturated rings. The Hall–Kier alpha value is -2.63. The van der Waals surface area contributed by atoms with Crippen LogP contribution in [0.2, 0.25) is 0 Å². The molecule has 6 heteroatoms. The normalized spacial score (nSPS) is 14.2. The number of allylic oxidation sites excluding steroid dienone is 1. The number of nitrogens with one attached hydrogen (secondary N) is 2. The largest absolute Gasteiger partial charge is 0.356 e. The Morgan fingerprint density at radius 2 is 2.04 bits per heavy atom. The maximum Gasteiger partial charge on any atom is 0.328 e. The zero-order valence-corrected chi connectivity index (χ0v) is 14.9. The Morgan fingerprint density at radius 3 is 2.85 bits per heavy atom. The number of H-pyrrole nitrogens is 1. The first-order chi connectivity index (χ1) is 12.6. The summed E-state index contributed by atoms with van der Waals surface area (Å²) in [5.74, 6) is -0.0355. The van der Waals surface area contributed by atoms with Crippen LogP contribution in [0.1, 0.15) is 44.9 Å². The summed E-state index contributed by atoms with van der Waals surface area (Å²) in [6, 6.07) is 6.94. The third-order valence-corrected chi connectivity index (χ3v) is 4.83. The van der Waals surface area contributed by atoms with E-state index in [4.69, 9.17) is 0 Å². The SMILES string of the molecule is O=C(CCCn1c(=O)[nH]c2ccccc2c1=O)NCCC1=CCCCC1. The molecule has 1 heterocycles. The number of aromatic nitrogens is 2. The van der Waals surface area contributed by atoms with Crippen molar-refractivity contribution >= 4 is 16.8 Å². The number of aromatic amines is 1. The number of fused-ring (bicyclic) bond motifs is 1. The van der Waals surface area contributed by atoms with Crippen LogP contribution in [0.5, 0.6) is 0 Å². The number of para-hydroxylation sites is 1. The second kappa shape index (κ2) is 8.65. The molecule has 26 heavy (non-hydrogen) atoms. The molecule has 3 rings (SSSR count). The first-order valence-electron chi connectivity index (χ1n) is 9.31. The van der Waals surface area contributed by atoms with E-state index in [9.17, 15) is 14.4 Å². The third-order valence-electron chi connectivity index (χ3n) is 4.83. The molecule has 0 spiro atoms. The van der Waals surface area contributed by atoms with Gasteiger partial charge in [-0.25, -0.2) is 4.79 Å². The zero-order valence-electron chi connectivity index (χ0n) is 14.9. The number of amides is 1. The Morgan fingerprint density at radius 1 is 1.19 bits per heavy atom. The molecule has 0 aliphatic heterocycles. The molecule has 2 aromatic rings. The van der Waals surface area contributed by atoms with Gasteiger partial charge in [-0.1, -0.05) is 23.8 Å². The van der Waals surface area contributed by atoms with Crippen LogP contribution in [0, 0.1) is 0 Å². The van der Waals surface area contributed by atoms with E-state index in [2.05, 4.69) is 16.4 Å². The summed E-state index contributed by atoms with van der Waals surface area (Å²) < 4.78 is 1.17. The molecule has 0 atom stereocenters. The number of nitrogens with zero attached hydrogens (tertiary/aromatic N) is 1. The molecule has 0 radical (unpaired) electrons. The molecule has 2 N–H and O–H groups in total. The lowest BCUT2D eigenvalue weighted by Gasteiger charge is -2.13. The summed E-state index contributed by atoms with van der Waals surface area (Å²) >= 11 is 0. The maximum atomic E-state index is 12.4. The highest BCUT2D eigenvalue weighted by Crippen LogP contribution is 2.19. The summed E-state index contributed by atoms with van der Waals surface area (Å²) in [6.45, 7) is 0.888. The van der Waals surface area contributed by atoms with Crippen molar-refractivity contribution in [2.75, 3.05) is 6.54 Å². The van der Waals surface area contributed by atoms with Gasteiger partial charge in [0.25, 0.3) is 5.56 Å². The molecule has 138 valence electrons. The molecule has 0 saturated carbocycles. The lowest BCUT2D eigenvalue weighted by molar-refractivity contribution is -0.121. The van der Waals surface area contributed by atoms with Crippen LogP contribution < -0.4 is 16.6 Å². The standard InChI is InChI=1S/C20H25N3O3/c24-18(21-13-12-15-7-2-1-3-8-15)11-6-14-23-19(25)16-9-4-5-10-17(16)22-20(23)26/h4-5,7,9-10H,1-3,6,8,11-14H2,(H,21,24)(H,22,26). The maximum absolute atomic E-state index is 12.4. The van der Waals surface area contributed by atoms with Crippen LogP contribution in [-0.2, 0) is 11.3 Å². The molecular weight excluding hydrogens is 330 g/mol. The second-order valence-electron chi connectivity index (χ2n) is 6.74. The minimum absolute atomic E-state index is 0.0355. The van der Waals surface area contributed by atoms with Crippen LogP contribution >= 0.6 is 0 Å². The minimum atomic E-state index is -0.432. The number of benzene rings is 1.